The van der Waals surface area contributed by atoms with Gasteiger partial charge in [-0.05, 0) is 31.4 Å². The van der Waals surface area contributed by atoms with Crippen molar-refractivity contribution >= 4 is 22.8 Å². The van der Waals surface area contributed by atoms with E-state index >= 15 is 0 Å². The second kappa shape index (κ2) is 9.19. The average Bonchev–Trinajstić information content (AvgIpc) is 3.33. The number of imidazole rings is 1. The number of benzene rings is 1. The van der Waals surface area contributed by atoms with Crippen LogP contribution in [0.25, 0.3) is 11.0 Å². The molecule has 1 saturated carbocycles. The van der Waals surface area contributed by atoms with E-state index in [0.717, 1.165) is 55.6 Å². The summed E-state index contributed by atoms with van der Waals surface area (Å²) in [5, 5.41) is 0. The van der Waals surface area contributed by atoms with Crippen molar-refractivity contribution in [3.63, 3.8) is 0 Å². The maximum absolute atomic E-state index is 12.9. The summed E-state index contributed by atoms with van der Waals surface area (Å²) in [6, 6.07) is 8.38. The zero-order chi connectivity index (χ0) is 21.1. The molecule has 2 fully saturated rings. The van der Waals surface area contributed by atoms with Gasteiger partial charge in [-0.1, -0.05) is 44.7 Å². The van der Waals surface area contributed by atoms with Gasteiger partial charge >= 0.3 is 0 Å². The number of likely N-dealkylation sites (N-methyl/N-ethyl adjacent to an activating group) is 1. The lowest BCUT2D eigenvalue weighted by atomic mass is 9.94. The summed E-state index contributed by atoms with van der Waals surface area (Å²) in [7, 11) is 1.88. The molecule has 0 spiro atoms. The third-order valence-electron chi connectivity index (χ3n) is 6.79. The van der Waals surface area contributed by atoms with Crippen molar-refractivity contribution in [1.82, 2.24) is 19.4 Å². The van der Waals surface area contributed by atoms with Crippen molar-refractivity contribution in [2.75, 3.05) is 20.1 Å². The molecule has 30 heavy (non-hydrogen) atoms. The molecule has 1 unspecified atom stereocenters. The van der Waals surface area contributed by atoms with Crippen molar-refractivity contribution in [2.45, 2.75) is 76.8 Å². The first kappa shape index (κ1) is 20.9. The van der Waals surface area contributed by atoms with Crippen LogP contribution in [-0.4, -0.2) is 57.3 Å². The fourth-order valence-corrected chi connectivity index (χ4v) is 5.00. The van der Waals surface area contributed by atoms with Gasteiger partial charge in [0, 0.05) is 38.5 Å². The average molecular weight is 411 g/mol. The predicted octanol–water partition coefficient (Wildman–Crippen LogP) is 3.94. The molecule has 0 N–H and O–H groups in total. The number of likely N-dealkylation sites (tertiary alicyclic amines) is 1. The Hall–Kier alpha value is -2.37. The second-order valence-electron chi connectivity index (χ2n) is 8.95. The number of para-hydroxylation sites is 2. The lowest BCUT2D eigenvalue weighted by Gasteiger charge is -2.31. The molecular formula is C24H34N4O2. The molecule has 1 atom stereocenters. The Balaban J connectivity index is 1.58. The van der Waals surface area contributed by atoms with Crippen molar-refractivity contribution in [2.24, 2.45) is 0 Å². The highest BCUT2D eigenvalue weighted by atomic mass is 16.2. The van der Waals surface area contributed by atoms with Gasteiger partial charge in [-0.25, -0.2) is 4.98 Å². The molecule has 2 amide bonds. The van der Waals surface area contributed by atoms with E-state index in [0.29, 0.717) is 12.5 Å². The van der Waals surface area contributed by atoms with Crippen LogP contribution in [0.4, 0.5) is 0 Å². The summed E-state index contributed by atoms with van der Waals surface area (Å²) in [5.74, 6) is 1.29. The van der Waals surface area contributed by atoms with Gasteiger partial charge in [0.2, 0.25) is 11.8 Å². The highest BCUT2D eigenvalue weighted by Gasteiger charge is 2.38. The Morgan fingerprint density at radius 1 is 1.20 bits per heavy atom. The maximum Gasteiger partial charge on any atom is 0.242 e. The highest BCUT2D eigenvalue weighted by molar-refractivity contribution is 5.83. The standard InChI is InChI=1S/C24H34N4O2/c1-3-4-14-26(2)23(30)17-28-21-13-9-8-12-20(21)25-24(28)18-15-22(29)27(16-18)19-10-6-5-7-11-19/h8-9,12-13,18-19H,3-7,10-11,14-17H2,1-2H3. The van der Waals surface area contributed by atoms with Crippen LogP contribution in [-0.2, 0) is 16.1 Å². The van der Waals surface area contributed by atoms with Crippen molar-refractivity contribution in [1.29, 1.82) is 0 Å². The fourth-order valence-electron chi connectivity index (χ4n) is 5.00. The minimum atomic E-state index is 0.0561. The van der Waals surface area contributed by atoms with E-state index in [1.54, 1.807) is 0 Å². The molecule has 1 saturated heterocycles. The van der Waals surface area contributed by atoms with Crippen LogP contribution in [0.15, 0.2) is 24.3 Å². The molecule has 0 radical (unpaired) electrons. The molecular weight excluding hydrogens is 376 g/mol. The zero-order valence-corrected chi connectivity index (χ0v) is 18.3. The van der Waals surface area contributed by atoms with E-state index in [2.05, 4.69) is 16.4 Å². The third kappa shape index (κ3) is 4.23. The minimum Gasteiger partial charge on any atom is -0.344 e. The first-order chi connectivity index (χ1) is 14.6. The number of carbonyl (C=O) groups is 2. The number of nitrogens with zero attached hydrogens (tertiary/aromatic N) is 4. The molecule has 2 heterocycles. The Morgan fingerprint density at radius 3 is 2.73 bits per heavy atom. The van der Waals surface area contributed by atoms with Gasteiger partial charge in [-0.3, -0.25) is 9.59 Å². The number of rotatable bonds is 7. The number of hydrogen-bond donors (Lipinski definition) is 0. The Kier molecular flexibility index (Phi) is 6.40. The van der Waals surface area contributed by atoms with Crippen LogP contribution in [0, 0.1) is 0 Å². The Labute approximate surface area is 179 Å². The van der Waals surface area contributed by atoms with E-state index in [4.69, 9.17) is 4.98 Å². The Bertz CT molecular complexity index is 900. The van der Waals surface area contributed by atoms with Gasteiger partial charge in [-0.2, -0.15) is 0 Å². The quantitative estimate of drug-likeness (QED) is 0.695. The summed E-state index contributed by atoms with van der Waals surface area (Å²) in [4.78, 5) is 34.6. The van der Waals surface area contributed by atoms with Crippen molar-refractivity contribution in [3.8, 4) is 0 Å². The molecule has 1 aliphatic heterocycles. The topological polar surface area (TPSA) is 58.4 Å². The highest BCUT2D eigenvalue weighted by Crippen LogP contribution is 2.34. The van der Waals surface area contributed by atoms with E-state index in [1.165, 1.54) is 19.3 Å². The van der Waals surface area contributed by atoms with Crippen molar-refractivity contribution < 1.29 is 9.59 Å². The first-order valence-corrected chi connectivity index (χ1v) is 11.6. The molecule has 4 rings (SSSR count). The molecule has 6 nitrogen and oxygen atoms in total. The molecule has 0 bridgehead atoms. The van der Waals surface area contributed by atoms with Gasteiger partial charge < -0.3 is 14.4 Å². The number of hydrogen-bond acceptors (Lipinski definition) is 3. The minimum absolute atomic E-state index is 0.0561. The van der Waals surface area contributed by atoms with Crippen LogP contribution in [0.3, 0.4) is 0 Å². The molecule has 1 aromatic heterocycles. The number of carbonyl (C=O) groups excluding carboxylic acids is 2. The lowest BCUT2D eigenvalue weighted by Crippen LogP contribution is -2.37. The van der Waals surface area contributed by atoms with E-state index in [-0.39, 0.29) is 24.3 Å². The van der Waals surface area contributed by atoms with Gasteiger partial charge in [0.05, 0.1) is 11.0 Å². The van der Waals surface area contributed by atoms with Gasteiger partial charge in [0.15, 0.2) is 0 Å². The van der Waals surface area contributed by atoms with Gasteiger partial charge in [0.1, 0.15) is 12.4 Å². The second-order valence-corrected chi connectivity index (χ2v) is 8.95. The van der Waals surface area contributed by atoms with Crippen LogP contribution >= 0.6 is 0 Å². The lowest BCUT2D eigenvalue weighted by molar-refractivity contribution is -0.131. The zero-order valence-electron chi connectivity index (χ0n) is 18.3. The van der Waals surface area contributed by atoms with E-state index < -0.39 is 0 Å². The monoisotopic (exact) mass is 410 g/mol. The molecule has 2 aromatic rings. The van der Waals surface area contributed by atoms with E-state index in [1.807, 2.05) is 36.2 Å². The third-order valence-corrected chi connectivity index (χ3v) is 6.79. The number of aromatic nitrogens is 2. The fraction of sp³-hybridized carbons (Fsp3) is 0.625. The smallest absolute Gasteiger partial charge is 0.242 e. The largest absolute Gasteiger partial charge is 0.344 e. The number of amides is 2. The molecule has 6 heteroatoms. The summed E-state index contributed by atoms with van der Waals surface area (Å²) in [5.41, 5.74) is 1.88. The number of fused-ring (bicyclic) bond motifs is 1. The maximum atomic E-state index is 12.9. The van der Waals surface area contributed by atoms with E-state index in [9.17, 15) is 9.59 Å². The predicted molar refractivity (Wildman–Crippen MR) is 118 cm³/mol. The van der Waals surface area contributed by atoms with Crippen LogP contribution < -0.4 is 0 Å². The molecule has 1 aromatic carbocycles. The summed E-state index contributed by atoms with van der Waals surface area (Å²) >= 11 is 0. The van der Waals surface area contributed by atoms with Crippen LogP contribution in [0.2, 0.25) is 0 Å². The van der Waals surface area contributed by atoms with Crippen LogP contribution in [0.1, 0.15) is 70.0 Å². The summed E-state index contributed by atoms with van der Waals surface area (Å²) < 4.78 is 2.06. The molecule has 1 aliphatic carbocycles. The molecule has 2 aliphatic rings. The van der Waals surface area contributed by atoms with Gasteiger partial charge in [0.25, 0.3) is 0 Å². The van der Waals surface area contributed by atoms with Gasteiger partial charge in [-0.15, -0.1) is 0 Å². The number of unbranched alkanes of at least 4 members (excludes halogenated alkanes) is 1. The molecule has 162 valence electrons. The summed E-state index contributed by atoms with van der Waals surface area (Å²) in [6.07, 6.45) is 8.54. The summed E-state index contributed by atoms with van der Waals surface area (Å²) in [6.45, 7) is 3.92. The van der Waals surface area contributed by atoms with Crippen LogP contribution in [0.5, 0.6) is 0 Å². The van der Waals surface area contributed by atoms with Crippen molar-refractivity contribution in [3.05, 3.63) is 30.1 Å². The SMILES string of the molecule is CCCCN(C)C(=O)Cn1c(C2CC(=O)N(C3CCCCC3)C2)nc2ccccc21. The normalized spacial score (nSPS) is 20.3. The first-order valence-electron chi connectivity index (χ1n) is 11.6. The Morgan fingerprint density at radius 2 is 1.97 bits per heavy atom.